The maximum atomic E-state index is 5.96. The standard InChI is InChI=1S/C12H23BO/c1-2-3-8-14-13-7-6-11-4-5-12(9-11)10-13/h11-12H,2-10H2,1H3. The number of fused-ring (bicyclic) bond motifs is 2. The third-order valence-electron chi connectivity index (χ3n) is 3.99. The van der Waals surface area contributed by atoms with Gasteiger partial charge in [-0.2, -0.15) is 0 Å². The van der Waals surface area contributed by atoms with E-state index in [-0.39, 0.29) is 0 Å². The zero-order chi connectivity index (χ0) is 9.80. The molecule has 1 saturated carbocycles. The predicted octanol–water partition coefficient (Wildman–Crippen LogP) is 3.61. The molecular formula is C12H23BO. The van der Waals surface area contributed by atoms with Crippen LogP contribution in [0.2, 0.25) is 12.6 Å². The Morgan fingerprint density at radius 2 is 2.07 bits per heavy atom. The van der Waals surface area contributed by atoms with Crippen molar-refractivity contribution >= 4 is 6.92 Å². The second-order valence-corrected chi connectivity index (χ2v) is 5.20. The first kappa shape index (κ1) is 10.5. The highest BCUT2D eigenvalue weighted by Gasteiger charge is 2.33. The minimum Gasteiger partial charge on any atom is -0.436 e. The normalized spacial score (nSPS) is 31.9. The summed E-state index contributed by atoms with van der Waals surface area (Å²) in [6.45, 7) is 3.84. The Kier molecular flexibility index (Phi) is 3.92. The van der Waals surface area contributed by atoms with E-state index in [0.29, 0.717) is 6.92 Å². The Balaban J connectivity index is 1.72. The summed E-state index contributed by atoms with van der Waals surface area (Å²) in [6.07, 6.45) is 11.1. The molecule has 2 fully saturated rings. The monoisotopic (exact) mass is 194 g/mol. The van der Waals surface area contributed by atoms with E-state index in [1.807, 2.05) is 0 Å². The van der Waals surface area contributed by atoms with Gasteiger partial charge in [0.2, 0.25) is 0 Å². The van der Waals surface area contributed by atoms with E-state index in [2.05, 4.69) is 6.92 Å². The van der Waals surface area contributed by atoms with Gasteiger partial charge in [-0.15, -0.1) is 0 Å². The Morgan fingerprint density at radius 3 is 2.93 bits per heavy atom. The van der Waals surface area contributed by atoms with Gasteiger partial charge in [0.15, 0.2) is 0 Å². The first-order valence-electron chi connectivity index (χ1n) is 6.50. The van der Waals surface area contributed by atoms with Crippen molar-refractivity contribution in [2.75, 3.05) is 6.61 Å². The second-order valence-electron chi connectivity index (χ2n) is 5.20. The van der Waals surface area contributed by atoms with Gasteiger partial charge in [-0.05, 0) is 37.3 Å². The maximum absolute atomic E-state index is 5.96. The molecule has 1 heterocycles. The van der Waals surface area contributed by atoms with Crippen LogP contribution in [0.1, 0.15) is 45.4 Å². The molecule has 1 saturated heterocycles. The highest BCUT2D eigenvalue weighted by atomic mass is 16.4. The van der Waals surface area contributed by atoms with Crippen molar-refractivity contribution in [3.05, 3.63) is 0 Å². The van der Waals surface area contributed by atoms with E-state index in [1.165, 1.54) is 51.2 Å². The molecule has 2 unspecified atom stereocenters. The number of hydrogen-bond acceptors (Lipinski definition) is 1. The largest absolute Gasteiger partial charge is 0.436 e. The average Bonchev–Trinajstić information content (AvgIpc) is 2.50. The fraction of sp³-hybridized carbons (Fsp3) is 1.00. The van der Waals surface area contributed by atoms with Crippen LogP contribution in [0.4, 0.5) is 0 Å². The van der Waals surface area contributed by atoms with Crippen LogP contribution in [0, 0.1) is 11.8 Å². The molecule has 0 N–H and O–H groups in total. The maximum Gasteiger partial charge on any atom is 0.293 e. The summed E-state index contributed by atoms with van der Waals surface area (Å²) in [6, 6.07) is 0. The molecule has 0 amide bonds. The molecule has 2 bridgehead atoms. The molecule has 0 spiro atoms. The summed E-state index contributed by atoms with van der Waals surface area (Å²) >= 11 is 0. The molecule has 1 aliphatic heterocycles. The van der Waals surface area contributed by atoms with Gasteiger partial charge in [0.05, 0.1) is 0 Å². The van der Waals surface area contributed by atoms with Crippen LogP contribution >= 0.6 is 0 Å². The molecule has 1 aliphatic carbocycles. The van der Waals surface area contributed by atoms with Crippen LogP contribution in [0.15, 0.2) is 0 Å². The summed E-state index contributed by atoms with van der Waals surface area (Å²) in [4.78, 5) is 0. The topological polar surface area (TPSA) is 9.23 Å². The van der Waals surface area contributed by atoms with E-state index in [1.54, 1.807) is 0 Å². The van der Waals surface area contributed by atoms with Crippen molar-refractivity contribution < 1.29 is 4.65 Å². The average molecular weight is 194 g/mol. The minimum atomic E-state index is 0.608. The lowest BCUT2D eigenvalue weighted by atomic mass is 9.57. The van der Waals surface area contributed by atoms with Gasteiger partial charge in [-0.1, -0.05) is 32.6 Å². The molecule has 2 aliphatic rings. The van der Waals surface area contributed by atoms with Crippen LogP contribution in [0.3, 0.4) is 0 Å². The van der Waals surface area contributed by atoms with Gasteiger partial charge < -0.3 is 4.65 Å². The van der Waals surface area contributed by atoms with Crippen LogP contribution in [-0.2, 0) is 4.65 Å². The zero-order valence-electron chi connectivity index (χ0n) is 9.50. The van der Waals surface area contributed by atoms with Crippen LogP contribution in [-0.4, -0.2) is 13.5 Å². The van der Waals surface area contributed by atoms with Crippen LogP contribution in [0.5, 0.6) is 0 Å². The highest BCUT2D eigenvalue weighted by Crippen LogP contribution is 2.40. The predicted molar refractivity (Wildman–Crippen MR) is 61.7 cm³/mol. The first-order chi connectivity index (χ1) is 6.88. The van der Waals surface area contributed by atoms with Gasteiger partial charge in [0.25, 0.3) is 6.92 Å². The summed E-state index contributed by atoms with van der Waals surface area (Å²) < 4.78 is 5.96. The molecule has 0 aromatic heterocycles. The van der Waals surface area contributed by atoms with Crippen molar-refractivity contribution in [3.8, 4) is 0 Å². The second kappa shape index (κ2) is 5.20. The summed E-state index contributed by atoms with van der Waals surface area (Å²) in [7, 11) is 0. The minimum absolute atomic E-state index is 0.608. The van der Waals surface area contributed by atoms with Crippen molar-refractivity contribution in [3.63, 3.8) is 0 Å². The quantitative estimate of drug-likeness (QED) is 0.490. The highest BCUT2D eigenvalue weighted by molar-refractivity contribution is 6.51. The molecule has 0 radical (unpaired) electrons. The third-order valence-corrected chi connectivity index (χ3v) is 3.99. The lowest BCUT2D eigenvalue weighted by Gasteiger charge is -2.16. The van der Waals surface area contributed by atoms with Gasteiger partial charge in [0, 0.05) is 6.61 Å². The van der Waals surface area contributed by atoms with Crippen molar-refractivity contribution in [1.29, 1.82) is 0 Å². The van der Waals surface area contributed by atoms with Gasteiger partial charge >= 0.3 is 0 Å². The first-order valence-corrected chi connectivity index (χ1v) is 6.50. The Hall–Kier alpha value is 0.0249. The molecule has 2 rings (SSSR count). The molecule has 1 nitrogen and oxygen atoms in total. The SMILES string of the molecule is CCCCOB1CCC2CCC(C1)C2. The van der Waals surface area contributed by atoms with Gasteiger partial charge in [-0.25, -0.2) is 0 Å². The molecule has 80 valence electrons. The lowest BCUT2D eigenvalue weighted by molar-refractivity contribution is 0.304. The van der Waals surface area contributed by atoms with Gasteiger partial charge in [0.1, 0.15) is 0 Å². The molecule has 2 heteroatoms. The van der Waals surface area contributed by atoms with Crippen LogP contribution in [0.25, 0.3) is 0 Å². The van der Waals surface area contributed by atoms with Crippen molar-refractivity contribution in [1.82, 2.24) is 0 Å². The number of unbranched alkanes of at least 4 members (excludes halogenated alkanes) is 1. The molecule has 0 aromatic carbocycles. The van der Waals surface area contributed by atoms with Crippen molar-refractivity contribution in [2.45, 2.75) is 58.1 Å². The molecular weight excluding hydrogens is 171 g/mol. The summed E-state index contributed by atoms with van der Waals surface area (Å²) in [5, 5.41) is 0. The molecule has 14 heavy (non-hydrogen) atoms. The Labute approximate surface area is 88.7 Å². The lowest BCUT2D eigenvalue weighted by Crippen LogP contribution is -2.20. The van der Waals surface area contributed by atoms with E-state index in [4.69, 9.17) is 4.65 Å². The van der Waals surface area contributed by atoms with Gasteiger partial charge in [-0.3, -0.25) is 0 Å². The smallest absolute Gasteiger partial charge is 0.293 e. The summed E-state index contributed by atoms with van der Waals surface area (Å²) in [5.74, 6) is 2.06. The summed E-state index contributed by atoms with van der Waals surface area (Å²) in [5.41, 5.74) is 0. The van der Waals surface area contributed by atoms with E-state index < -0.39 is 0 Å². The third kappa shape index (κ3) is 2.76. The fourth-order valence-corrected chi connectivity index (χ4v) is 3.11. The molecule has 2 atom stereocenters. The number of hydrogen-bond donors (Lipinski definition) is 0. The van der Waals surface area contributed by atoms with E-state index >= 15 is 0 Å². The Morgan fingerprint density at radius 1 is 1.21 bits per heavy atom. The fourth-order valence-electron chi connectivity index (χ4n) is 3.11. The molecule has 0 aromatic rings. The Bertz CT molecular complexity index is 172. The van der Waals surface area contributed by atoms with E-state index in [9.17, 15) is 0 Å². The van der Waals surface area contributed by atoms with E-state index in [0.717, 1.165) is 18.4 Å². The van der Waals surface area contributed by atoms with Crippen molar-refractivity contribution in [2.24, 2.45) is 11.8 Å². The zero-order valence-corrected chi connectivity index (χ0v) is 9.50. The number of rotatable bonds is 4. The van der Waals surface area contributed by atoms with Crippen LogP contribution < -0.4 is 0 Å².